The molecule has 6 rings (SSSR count). The Morgan fingerprint density at radius 3 is 3.00 bits per heavy atom. The van der Waals surface area contributed by atoms with Gasteiger partial charge in [-0.15, -0.1) is 17.9 Å². The first-order valence-electron chi connectivity index (χ1n) is 12.1. The molecule has 5 atom stereocenters. The van der Waals surface area contributed by atoms with Crippen LogP contribution in [0.1, 0.15) is 35.3 Å². The van der Waals surface area contributed by atoms with Crippen molar-refractivity contribution in [3.63, 3.8) is 0 Å². The number of carbonyl (C=O) groups excluding carboxylic acids is 1. The first-order chi connectivity index (χ1) is 16.8. The standard InChI is InChI=1S/C27H29BrN2O4S/c1-3-11-30-12-10-26-23-16-4-6-20(31)24(23)34-25(26)19(8-9-27(26,33)21(30)13-16)29(2)22(32)7-5-18-14-17(28)15-35-18/h3-7,14-15,19,21,25,31,33H,1,8-13H2,2H3/b7-5+/t19-,21-,25+,26+,27-/m1/s1. The number of aromatic hydroxyl groups is 1. The maximum absolute atomic E-state index is 13.2. The summed E-state index contributed by atoms with van der Waals surface area (Å²) in [5.41, 5.74) is 0.437. The number of nitrogens with zero attached hydrogens (tertiary/aromatic N) is 2. The number of likely N-dealkylation sites (N-methyl/N-ethyl adjacent to an activating group) is 1. The minimum Gasteiger partial charge on any atom is -0.504 e. The van der Waals surface area contributed by atoms with Crippen LogP contribution in [-0.2, 0) is 16.6 Å². The fourth-order valence-electron chi connectivity index (χ4n) is 7.24. The van der Waals surface area contributed by atoms with Crippen LogP contribution in [0.2, 0.25) is 0 Å². The minimum atomic E-state index is -0.996. The third kappa shape index (κ3) is 3.16. The largest absolute Gasteiger partial charge is 0.504 e. The molecule has 1 aromatic carbocycles. The van der Waals surface area contributed by atoms with E-state index in [0.717, 1.165) is 33.6 Å². The second-order valence-electron chi connectivity index (χ2n) is 10.2. The lowest BCUT2D eigenvalue weighted by molar-refractivity contribution is -0.198. The molecule has 2 N–H and O–H groups in total. The van der Waals surface area contributed by atoms with Crippen LogP contribution >= 0.6 is 27.3 Å². The van der Waals surface area contributed by atoms with Gasteiger partial charge in [-0.2, -0.15) is 0 Å². The molecular formula is C27H29BrN2O4S. The van der Waals surface area contributed by atoms with E-state index in [1.54, 1.807) is 28.4 Å². The summed E-state index contributed by atoms with van der Waals surface area (Å²) in [6, 6.07) is 5.39. The summed E-state index contributed by atoms with van der Waals surface area (Å²) in [7, 11) is 1.82. The van der Waals surface area contributed by atoms with Crippen molar-refractivity contribution in [3.05, 3.63) is 62.8 Å². The maximum atomic E-state index is 13.2. The molecule has 35 heavy (non-hydrogen) atoms. The van der Waals surface area contributed by atoms with Gasteiger partial charge in [0.2, 0.25) is 5.91 Å². The predicted molar refractivity (Wildman–Crippen MR) is 140 cm³/mol. The van der Waals surface area contributed by atoms with Gasteiger partial charge < -0.3 is 19.8 Å². The predicted octanol–water partition coefficient (Wildman–Crippen LogP) is 4.10. The molecule has 2 aliphatic carbocycles. The van der Waals surface area contributed by atoms with Gasteiger partial charge in [0.1, 0.15) is 6.10 Å². The molecule has 2 bridgehead atoms. The highest BCUT2D eigenvalue weighted by Crippen LogP contribution is 2.65. The molecule has 2 aliphatic heterocycles. The molecule has 6 nitrogen and oxygen atoms in total. The molecule has 3 heterocycles. The highest BCUT2D eigenvalue weighted by atomic mass is 79.9. The molecule has 1 spiro atoms. The molecule has 8 heteroatoms. The molecule has 1 saturated carbocycles. The fraction of sp³-hybridized carbons (Fsp3) is 0.444. The first-order valence-corrected chi connectivity index (χ1v) is 13.8. The van der Waals surface area contributed by atoms with Crippen LogP contribution in [0.4, 0.5) is 0 Å². The number of thiophene rings is 1. The fourth-order valence-corrected chi connectivity index (χ4v) is 8.57. The number of aliphatic hydroxyl groups is 1. The van der Waals surface area contributed by atoms with E-state index in [2.05, 4.69) is 27.4 Å². The summed E-state index contributed by atoms with van der Waals surface area (Å²) in [5.74, 6) is 0.507. The highest BCUT2D eigenvalue weighted by molar-refractivity contribution is 9.10. The SMILES string of the molecule is C=CCN1CC[C@]23c4c5ccc(O)c4O[C@H]2[C@H](N(C)C(=O)/C=C/c2cc(Br)cs2)CC[C@@]3(O)[C@H]1C5. The Labute approximate surface area is 217 Å². The molecule has 1 amide bonds. The third-order valence-electron chi connectivity index (χ3n) is 8.73. The Morgan fingerprint density at radius 1 is 1.43 bits per heavy atom. The van der Waals surface area contributed by atoms with Crippen LogP contribution in [0.3, 0.4) is 0 Å². The lowest BCUT2D eigenvalue weighted by Crippen LogP contribution is -2.78. The lowest BCUT2D eigenvalue weighted by atomic mass is 9.48. The van der Waals surface area contributed by atoms with Gasteiger partial charge in [-0.25, -0.2) is 0 Å². The number of piperidine rings is 1. The van der Waals surface area contributed by atoms with Crippen LogP contribution in [-0.4, -0.2) is 69.8 Å². The van der Waals surface area contributed by atoms with Gasteiger partial charge in [-0.1, -0.05) is 12.1 Å². The number of halogens is 1. The van der Waals surface area contributed by atoms with Crippen LogP contribution in [0.25, 0.3) is 6.08 Å². The van der Waals surface area contributed by atoms with Gasteiger partial charge >= 0.3 is 0 Å². The number of ether oxygens (including phenoxy) is 1. The zero-order valence-electron chi connectivity index (χ0n) is 19.6. The number of hydrogen-bond acceptors (Lipinski definition) is 6. The van der Waals surface area contributed by atoms with E-state index in [9.17, 15) is 15.0 Å². The van der Waals surface area contributed by atoms with Crippen LogP contribution in [0.5, 0.6) is 11.5 Å². The molecule has 2 fully saturated rings. The van der Waals surface area contributed by atoms with E-state index >= 15 is 0 Å². The Kier molecular flexibility index (Phi) is 5.45. The van der Waals surface area contributed by atoms with Gasteiger partial charge in [0, 0.05) is 46.0 Å². The summed E-state index contributed by atoms with van der Waals surface area (Å²) in [5, 5.41) is 25.2. The molecule has 0 radical (unpaired) electrons. The number of phenolic OH excluding ortho intramolecular Hbond substituents is 1. The van der Waals surface area contributed by atoms with E-state index in [-0.39, 0.29) is 23.7 Å². The number of rotatable bonds is 5. The van der Waals surface area contributed by atoms with Crippen molar-refractivity contribution < 1.29 is 19.7 Å². The topological polar surface area (TPSA) is 73.2 Å². The van der Waals surface area contributed by atoms with E-state index in [0.29, 0.717) is 31.4 Å². The van der Waals surface area contributed by atoms with Crippen molar-refractivity contribution in [1.82, 2.24) is 9.80 Å². The second-order valence-corrected chi connectivity index (χ2v) is 12.0. The smallest absolute Gasteiger partial charge is 0.246 e. The second kappa shape index (κ2) is 8.20. The summed E-state index contributed by atoms with van der Waals surface area (Å²) in [4.78, 5) is 18.3. The Bertz CT molecular complexity index is 1240. The Morgan fingerprint density at radius 2 is 2.26 bits per heavy atom. The molecule has 184 valence electrons. The van der Waals surface area contributed by atoms with Crippen molar-refractivity contribution in [2.24, 2.45) is 0 Å². The number of benzene rings is 1. The van der Waals surface area contributed by atoms with E-state index < -0.39 is 17.1 Å². The van der Waals surface area contributed by atoms with Gasteiger partial charge in [-0.05, 0) is 71.9 Å². The lowest BCUT2D eigenvalue weighted by Gasteiger charge is -2.64. The van der Waals surface area contributed by atoms with Crippen molar-refractivity contribution in [3.8, 4) is 11.5 Å². The summed E-state index contributed by atoms with van der Waals surface area (Å²) >= 11 is 5.02. The average Bonchev–Trinajstić information content (AvgIpc) is 3.41. The highest BCUT2D eigenvalue weighted by Gasteiger charge is 2.73. The molecule has 0 unspecified atom stereocenters. The summed E-state index contributed by atoms with van der Waals surface area (Å²) in [6.45, 7) is 5.46. The van der Waals surface area contributed by atoms with Crippen LogP contribution < -0.4 is 4.74 Å². The van der Waals surface area contributed by atoms with E-state index in [4.69, 9.17) is 4.74 Å². The number of phenols is 1. The van der Waals surface area contributed by atoms with Gasteiger partial charge in [-0.3, -0.25) is 9.69 Å². The molecule has 2 aromatic rings. The van der Waals surface area contributed by atoms with Crippen molar-refractivity contribution >= 4 is 39.2 Å². The zero-order valence-corrected chi connectivity index (χ0v) is 22.0. The molecule has 1 saturated heterocycles. The van der Waals surface area contributed by atoms with Crippen LogP contribution in [0.15, 0.2) is 46.8 Å². The van der Waals surface area contributed by atoms with Crippen molar-refractivity contribution in [2.45, 2.75) is 54.9 Å². The summed E-state index contributed by atoms with van der Waals surface area (Å²) < 4.78 is 7.55. The summed E-state index contributed by atoms with van der Waals surface area (Å²) in [6.07, 6.45) is 7.55. The number of carbonyl (C=O) groups is 1. The quantitative estimate of drug-likeness (QED) is 0.428. The molecule has 1 aromatic heterocycles. The van der Waals surface area contributed by atoms with Gasteiger partial charge in [0.15, 0.2) is 11.5 Å². The Balaban J connectivity index is 1.39. The molecule has 4 aliphatic rings. The van der Waals surface area contributed by atoms with Gasteiger partial charge in [0.25, 0.3) is 0 Å². The maximum Gasteiger partial charge on any atom is 0.246 e. The monoisotopic (exact) mass is 556 g/mol. The van der Waals surface area contributed by atoms with E-state index in [1.165, 1.54) is 0 Å². The third-order valence-corrected chi connectivity index (χ3v) is 10.4. The van der Waals surface area contributed by atoms with Crippen molar-refractivity contribution in [1.29, 1.82) is 0 Å². The number of hydrogen-bond donors (Lipinski definition) is 2. The van der Waals surface area contributed by atoms with Crippen molar-refractivity contribution in [2.75, 3.05) is 20.1 Å². The Hall–Kier alpha value is -2.13. The average molecular weight is 558 g/mol. The molecular weight excluding hydrogens is 528 g/mol. The first kappa shape index (κ1) is 23.3. The van der Waals surface area contributed by atoms with Crippen LogP contribution in [0, 0.1) is 0 Å². The number of amides is 1. The normalized spacial score (nSPS) is 32.8. The number of likely N-dealkylation sites (tertiary alicyclic amines) is 1. The van der Waals surface area contributed by atoms with E-state index in [1.807, 2.05) is 36.7 Å². The van der Waals surface area contributed by atoms with Gasteiger partial charge in [0.05, 0.1) is 17.1 Å². The zero-order chi connectivity index (χ0) is 24.5. The minimum absolute atomic E-state index is 0.0533.